The number of nitrogens with zero attached hydrogens (tertiary/aromatic N) is 4. The van der Waals surface area contributed by atoms with Crippen LogP contribution in [0.3, 0.4) is 0 Å². The second-order valence-electron chi connectivity index (χ2n) is 5.74. The summed E-state index contributed by atoms with van der Waals surface area (Å²) in [5.74, 6) is 0.835. The molecule has 0 aromatic carbocycles. The van der Waals surface area contributed by atoms with Gasteiger partial charge in [0.05, 0.1) is 17.9 Å². The van der Waals surface area contributed by atoms with E-state index in [1.807, 2.05) is 16.7 Å². The minimum absolute atomic E-state index is 0.315. The predicted molar refractivity (Wildman–Crippen MR) is 93.8 cm³/mol. The summed E-state index contributed by atoms with van der Waals surface area (Å²) in [6.45, 7) is 2.32. The van der Waals surface area contributed by atoms with Crippen LogP contribution in [0.25, 0.3) is 11.3 Å². The maximum atomic E-state index is 12.5. The average molecular weight is 335 g/mol. The number of hydrogen-bond donors (Lipinski definition) is 3. The standard InChI is InChI=1S/C17H17N7O/c18-12-3-4-13(11-2-1-5-19-8-11)22-16(12)23-17(25)14-10-24-7-6-20-9-15(24)21-14/h1-5,8,10,20H,6-7,9,18H2,(H,22,23,25). The fraction of sp³-hybridized carbons (Fsp3) is 0.176. The lowest BCUT2D eigenvalue weighted by Gasteiger charge is -2.13. The number of anilines is 2. The van der Waals surface area contributed by atoms with Gasteiger partial charge in [-0.05, 0) is 24.3 Å². The first kappa shape index (κ1) is 15.3. The van der Waals surface area contributed by atoms with Crippen LogP contribution in [0.15, 0.2) is 42.9 Å². The van der Waals surface area contributed by atoms with E-state index < -0.39 is 0 Å². The molecule has 8 heteroatoms. The van der Waals surface area contributed by atoms with Crippen LogP contribution >= 0.6 is 0 Å². The summed E-state index contributed by atoms with van der Waals surface area (Å²) in [5, 5.41) is 5.98. The van der Waals surface area contributed by atoms with Crippen LogP contribution in [0, 0.1) is 0 Å². The third kappa shape index (κ3) is 3.07. The first-order valence-electron chi connectivity index (χ1n) is 7.96. The van der Waals surface area contributed by atoms with Crippen LogP contribution in [0.2, 0.25) is 0 Å². The molecule has 4 heterocycles. The van der Waals surface area contributed by atoms with Crippen molar-refractivity contribution in [2.24, 2.45) is 0 Å². The van der Waals surface area contributed by atoms with E-state index in [0.717, 1.165) is 24.5 Å². The number of imidazole rings is 1. The smallest absolute Gasteiger partial charge is 0.277 e. The summed E-state index contributed by atoms with van der Waals surface area (Å²) < 4.78 is 1.98. The van der Waals surface area contributed by atoms with Gasteiger partial charge in [-0.3, -0.25) is 9.78 Å². The quantitative estimate of drug-likeness (QED) is 0.665. The molecule has 25 heavy (non-hydrogen) atoms. The molecule has 0 saturated heterocycles. The van der Waals surface area contributed by atoms with E-state index >= 15 is 0 Å². The summed E-state index contributed by atoms with van der Waals surface area (Å²) in [7, 11) is 0. The molecule has 0 aliphatic carbocycles. The molecular weight excluding hydrogens is 318 g/mol. The van der Waals surface area contributed by atoms with Crippen molar-refractivity contribution in [2.45, 2.75) is 13.1 Å². The zero-order valence-corrected chi connectivity index (χ0v) is 13.4. The normalized spacial score (nSPS) is 13.3. The largest absolute Gasteiger partial charge is 0.396 e. The molecule has 3 aromatic heterocycles. The van der Waals surface area contributed by atoms with Gasteiger partial charge in [0.15, 0.2) is 5.82 Å². The highest BCUT2D eigenvalue weighted by atomic mass is 16.2. The van der Waals surface area contributed by atoms with Crippen LogP contribution in [-0.4, -0.2) is 32.0 Å². The molecule has 4 N–H and O–H groups in total. The van der Waals surface area contributed by atoms with Gasteiger partial charge in [0.25, 0.3) is 5.91 Å². The fourth-order valence-electron chi connectivity index (χ4n) is 2.71. The van der Waals surface area contributed by atoms with Gasteiger partial charge in [0, 0.05) is 37.2 Å². The molecular formula is C17H17N7O. The Morgan fingerprint density at radius 1 is 1.28 bits per heavy atom. The molecule has 0 fully saturated rings. The molecule has 0 bridgehead atoms. The van der Waals surface area contributed by atoms with Crippen molar-refractivity contribution in [1.29, 1.82) is 0 Å². The van der Waals surface area contributed by atoms with Gasteiger partial charge in [-0.2, -0.15) is 0 Å². The minimum atomic E-state index is -0.329. The number of carbonyl (C=O) groups excluding carboxylic acids is 1. The van der Waals surface area contributed by atoms with Gasteiger partial charge < -0.3 is 20.9 Å². The van der Waals surface area contributed by atoms with Crippen LogP contribution in [-0.2, 0) is 13.1 Å². The monoisotopic (exact) mass is 335 g/mol. The number of nitrogens with one attached hydrogen (secondary N) is 2. The van der Waals surface area contributed by atoms with E-state index in [1.54, 1.807) is 30.7 Å². The number of fused-ring (bicyclic) bond motifs is 1. The molecule has 0 spiro atoms. The van der Waals surface area contributed by atoms with Crippen molar-refractivity contribution in [1.82, 2.24) is 24.8 Å². The minimum Gasteiger partial charge on any atom is -0.396 e. The van der Waals surface area contributed by atoms with E-state index in [1.165, 1.54) is 0 Å². The van der Waals surface area contributed by atoms with Crippen molar-refractivity contribution < 1.29 is 4.79 Å². The van der Waals surface area contributed by atoms with E-state index in [2.05, 4.69) is 25.6 Å². The summed E-state index contributed by atoms with van der Waals surface area (Å²) in [6, 6.07) is 7.24. The van der Waals surface area contributed by atoms with Gasteiger partial charge in [0.2, 0.25) is 0 Å². The van der Waals surface area contributed by atoms with Gasteiger partial charge in [-0.1, -0.05) is 0 Å². The van der Waals surface area contributed by atoms with Crippen LogP contribution in [0.4, 0.5) is 11.5 Å². The van der Waals surface area contributed by atoms with E-state index in [-0.39, 0.29) is 5.91 Å². The highest BCUT2D eigenvalue weighted by Crippen LogP contribution is 2.23. The summed E-state index contributed by atoms with van der Waals surface area (Å²) in [6.07, 6.45) is 5.16. The van der Waals surface area contributed by atoms with Crippen molar-refractivity contribution in [2.75, 3.05) is 17.6 Å². The maximum Gasteiger partial charge on any atom is 0.277 e. The Morgan fingerprint density at radius 3 is 3.00 bits per heavy atom. The first-order chi connectivity index (χ1) is 12.2. The SMILES string of the molecule is Nc1ccc(-c2cccnc2)nc1NC(=O)c1cn2c(n1)CNCC2. The lowest BCUT2D eigenvalue weighted by molar-refractivity contribution is 0.102. The lowest BCUT2D eigenvalue weighted by Crippen LogP contribution is -2.27. The second-order valence-corrected chi connectivity index (χ2v) is 5.74. The summed E-state index contributed by atoms with van der Waals surface area (Å²) in [5.41, 5.74) is 8.25. The van der Waals surface area contributed by atoms with Crippen LogP contribution < -0.4 is 16.4 Å². The number of pyridine rings is 2. The van der Waals surface area contributed by atoms with Gasteiger partial charge in [0.1, 0.15) is 11.5 Å². The lowest BCUT2D eigenvalue weighted by atomic mass is 10.2. The molecule has 4 rings (SSSR count). The summed E-state index contributed by atoms with van der Waals surface area (Å²) >= 11 is 0. The zero-order chi connectivity index (χ0) is 17.2. The summed E-state index contributed by atoms with van der Waals surface area (Å²) in [4.78, 5) is 25.4. The molecule has 8 nitrogen and oxygen atoms in total. The highest BCUT2D eigenvalue weighted by molar-refractivity contribution is 6.03. The van der Waals surface area contributed by atoms with E-state index in [4.69, 9.17) is 5.73 Å². The molecule has 0 radical (unpaired) electrons. The molecule has 1 aliphatic heterocycles. The molecule has 0 atom stereocenters. The van der Waals surface area contributed by atoms with Crippen molar-refractivity contribution >= 4 is 17.4 Å². The number of hydrogen-bond acceptors (Lipinski definition) is 6. The Labute approximate surface area is 144 Å². The van der Waals surface area contributed by atoms with Crippen LogP contribution in [0.1, 0.15) is 16.3 Å². The van der Waals surface area contributed by atoms with Gasteiger partial charge in [-0.25, -0.2) is 9.97 Å². The number of nitrogens with two attached hydrogens (primary N) is 1. The number of amides is 1. The number of rotatable bonds is 3. The third-order valence-corrected chi connectivity index (χ3v) is 4.02. The zero-order valence-electron chi connectivity index (χ0n) is 13.4. The fourth-order valence-corrected chi connectivity index (χ4v) is 2.71. The van der Waals surface area contributed by atoms with E-state index in [9.17, 15) is 4.79 Å². The number of aromatic nitrogens is 4. The second kappa shape index (κ2) is 6.33. The molecule has 0 unspecified atom stereocenters. The van der Waals surface area contributed by atoms with Crippen molar-refractivity contribution in [3.8, 4) is 11.3 Å². The first-order valence-corrected chi connectivity index (χ1v) is 7.96. The average Bonchev–Trinajstić information content (AvgIpc) is 3.08. The third-order valence-electron chi connectivity index (χ3n) is 4.02. The Morgan fingerprint density at radius 2 is 2.20 bits per heavy atom. The highest BCUT2D eigenvalue weighted by Gasteiger charge is 2.18. The predicted octanol–water partition coefficient (Wildman–Crippen LogP) is 1.28. The van der Waals surface area contributed by atoms with E-state index in [0.29, 0.717) is 29.4 Å². The molecule has 3 aromatic rings. The molecule has 1 amide bonds. The van der Waals surface area contributed by atoms with Crippen molar-refractivity contribution in [3.05, 3.63) is 54.4 Å². The number of carbonyl (C=O) groups is 1. The topological polar surface area (TPSA) is 111 Å². The van der Waals surface area contributed by atoms with Gasteiger partial charge in [-0.15, -0.1) is 0 Å². The Kier molecular flexibility index (Phi) is 3.87. The molecule has 126 valence electrons. The Balaban J connectivity index is 1.59. The maximum absolute atomic E-state index is 12.5. The Hall–Kier alpha value is -3.26. The van der Waals surface area contributed by atoms with Crippen molar-refractivity contribution in [3.63, 3.8) is 0 Å². The number of nitrogen functional groups attached to an aromatic ring is 1. The Bertz CT molecular complexity index is 897. The molecule has 1 aliphatic rings. The van der Waals surface area contributed by atoms with Crippen LogP contribution in [0.5, 0.6) is 0 Å². The van der Waals surface area contributed by atoms with Gasteiger partial charge >= 0.3 is 0 Å². The molecule has 0 saturated carbocycles.